The summed E-state index contributed by atoms with van der Waals surface area (Å²) in [6.07, 6.45) is 4.78. The van der Waals surface area contributed by atoms with Crippen molar-refractivity contribution < 1.29 is 4.79 Å². The van der Waals surface area contributed by atoms with E-state index >= 15 is 0 Å². The molecule has 6 nitrogen and oxygen atoms in total. The zero-order chi connectivity index (χ0) is 14.2. The van der Waals surface area contributed by atoms with Crippen LogP contribution in [0.1, 0.15) is 21.7 Å². The van der Waals surface area contributed by atoms with Gasteiger partial charge >= 0.3 is 0 Å². The van der Waals surface area contributed by atoms with Crippen LogP contribution in [0.2, 0.25) is 0 Å². The Morgan fingerprint density at radius 3 is 2.76 bits per heavy atom. The highest BCUT2D eigenvalue weighted by atomic mass is 16.2. The van der Waals surface area contributed by atoms with Crippen LogP contribution >= 0.6 is 0 Å². The van der Waals surface area contributed by atoms with Crippen molar-refractivity contribution in [1.82, 2.24) is 24.8 Å². The van der Waals surface area contributed by atoms with E-state index in [4.69, 9.17) is 0 Å². The third kappa shape index (κ3) is 2.01. The molecule has 4 rings (SSSR count). The first-order valence-electron chi connectivity index (χ1n) is 6.60. The summed E-state index contributed by atoms with van der Waals surface area (Å²) >= 11 is 0. The fourth-order valence-corrected chi connectivity index (χ4v) is 2.47. The van der Waals surface area contributed by atoms with Gasteiger partial charge in [-0.1, -0.05) is 12.1 Å². The number of hydrogen-bond donors (Lipinski definition) is 0. The van der Waals surface area contributed by atoms with Crippen molar-refractivity contribution in [2.24, 2.45) is 0 Å². The van der Waals surface area contributed by atoms with E-state index in [9.17, 15) is 4.79 Å². The highest BCUT2D eigenvalue weighted by Crippen LogP contribution is 2.21. The van der Waals surface area contributed by atoms with Crippen LogP contribution in [0.3, 0.4) is 0 Å². The number of para-hydroxylation sites is 2. The van der Waals surface area contributed by atoms with Crippen LogP contribution in [-0.4, -0.2) is 30.7 Å². The Balaban J connectivity index is 1.65. The fraction of sp³-hybridized carbons (Fsp3) is 0.133. The molecular formula is C15H11N5O. The van der Waals surface area contributed by atoms with Crippen LogP contribution < -0.4 is 0 Å². The van der Waals surface area contributed by atoms with E-state index in [1.165, 1.54) is 12.5 Å². The van der Waals surface area contributed by atoms with Crippen LogP contribution in [-0.2, 0) is 13.1 Å². The highest BCUT2D eigenvalue weighted by Gasteiger charge is 2.26. The van der Waals surface area contributed by atoms with E-state index in [1.807, 2.05) is 24.3 Å². The normalized spacial score (nSPS) is 13.4. The lowest BCUT2D eigenvalue weighted by atomic mass is 10.3. The van der Waals surface area contributed by atoms with Crippen molar-refractivity contribution in [2.75, 3.05) is 0 Å². The van der Waals surface area contributed by atoms with Crippen molar-refractivity contribution in [3.63, 3.8) is 0 Å². The molecule has 1 aliphatic rings. The molecule has 0 bridgehead atoms. The van der Waals surface area contributed by atoms with E-state index in [-0.39, 0.29) is 5.91 Å². The predicted octanol–water partition coefficient (Wildman–Crippen LogP) is 1.58. The number of benzene rings is 1. The molecule has 0 saturated carbocycles. The Morgan fingerprint density at radius 1 is 1.05 bits per heavy atom. The predicted molar refractivity (Wildman–Crippen MR) is 75.1 cm³/mol. The van der Waals surface area contributed by atoms with Gasteiger partial charge in [-0.3, -0.25) is 9.78 Å². The molecule has 0 atom stereocenters. The zero-order valence-electron chi connectivity index (χ0n) is 11.1. The van der Waals surface area contributed by atoms with Gasteiger partial charge < -0.3 is 4.90 Å². The monoisotopic (exact) mass is 277 g/mol. The number of fused-ring (bicyclic) bond motifs is 2. The second-order valence-corrected chi connectivity index (χ2v) is 4.90. The second-order valence-electron chi connectivity index (χ2n) is 4.90. The summed E-state index contributed by atoms with van der Waals surface area (Å²) in [4.78, 5) is 31.1. The van der Waals surface area contributed by atoms with Crippen LogP contribution in [0, 0.1) is 0 Å². The van der Waals surface area contributed by atoms with Crippen LogP contribution in [0.5, 0.6) is 0 Å². The molecule has 1 aromatic carbocycles. The molecule has 3 heterocycles. The number of hydrogen-bond acceptors (Lipinski definition) is 5. The molecule has 3 aromatic rings. The first-order chi connectivity index (χ1) is 10.3. The molecule has 102 valence electrons. The van der Waals surface area contributed by atoms with Gasteiger partial charge in [0.15, 0.2) is 0 Å². The topological polar surface area (TPSA) is 71.9 Å². The highest BCUT2D eigenvalue weighted by molar-refractivity contribution is 5.94. The van der Waals surface area contributed by atoms with E-state index in [2.05, 4.69) is 19.9 Å². The Morgan fingerprint density at radius 2 is 1.90 bits per heavy atom. The van der Waals surface area contributed by atoms with Gasteiger partial charge in [0.2, 0.25) is 0 Å². The van der Waals surface area contributed by atoms with Crippen molar-refractivity contribution in [3.05, 3.63) is 59.9 Å². The number of carbonyl (C=O) groups excluding carboxylic acids is 1. The zero-order valence-corrected chi connectivity index (χ0v) is 11.1. The molecule has 0 radical (unpaired) electrons. The maximum absolute atomic E-state index is 12.5. The number of rotatable bonds is 1. The third-order valence-corrected chi connectivity index (χ3v) is 3.54. The SMILES string of the molecule is O=C(c1cnc2ccccc2n1)N1Cc2cncnc2C1. The van der Waals surface area contributed by atoms with Crippen molar-refractivity contribution in [1.29, 1.82) is 0 Å². The average molecular weight is 277 g/mol. The van der Waals surface area contributed by atoms with Crippen molar-refractivity contribution >= 4 is 16.9 Å². The first-order valence-corrected chi connectivity index (χ1v) is 6.60. The summed E-state index contributed by atoms with van der Waals surface area (Å²) in [7, 11) is 0. The summed E-state index contributed by atoms with van der Waals surface area (Å²) in [6.45, 7) is 1.01. The van der Waals surface area contributed by atoms with Gasteiger partial charge in [-0.2, -0.15) is 0 Å². The Bertz CT molecular complexity index is 823. The lowest BCUT2D eigenvalue weighted by Gasteiger charge is -2.14. The smallest absolute Gasteiger partial charge is 0.274 e. The molecule has 0 aliphatic carbocycles. The van der Waals surface area contributed by atoms with E-state index in [0.29, 0.717) is 18.8 Å². The number of carbonyl (C=O) groups is 1. The molecule has 6 heteroatoms. The third-order valence-electron chi connectivity index (χ3n) is 3.54. The quantitative estimate of drug-likeness (QED) is 0.675. The van der Waals surface area contributed by atoms with E-state index in [0.717, 1.165) is 22.3 Å². The molecular weight excluding hydrogens is 266 g/mol. The van der Waals surface area contributed by atoms with Gasteiger partial charge in [0.25, 0.3) is 5.91 Å². The van der Waals surface area contributed by atoms with Gasteiger partial charge in [-0.15, -0.1) is 0 Å². The lowest BCUT2D eigenvalue weighted by Crippen LogP contribution is -2.26. The van der Waals surface area contributed by atoms with Crippen molar-refractivity contribution in [3.8, 4) is 0 Å². The largest absolute Gasteiger partial charge is 0.327 e. The van der Waals surface area contributed by atoms with Crippen LogP contribution in [0.4, 0.5) is 0 Å². The van der Waals surface area contributed by atoms with Crippen molar-refractivity contribution in [2.45, 2.75) is 13.1 Å². The van der Waals surface area contributed by atoms with Crippen LogP contribution in [0.25, 0.3) is 11.0 Å². The number of amides is 1. The minimum Gasteiger partial charge on any atom is -0.327 e. The number of nitrogens with zero attached hydrogens (tertiary/aromatic N) is 5. The Kier molecular flexibility index (Phi) is 2.60. The maximum atomic E-state index is 12.5. The maximum Gasteiger partial charge on any atom is 0.274 e. The number of aromatic nitrogens is 4. The van der Waals surface area contributed by atoms with E-state index in [1.54, 1.807) is 11.1 Å². The molecule has 0 N–H and O–H groups in total. The average Bonchev–Trinajstić information content (AvgIpc) is 2.97. The molecule has 0 fully saturated rings. The summed E-state index contributed by atoms with van der Waals surface area (Å²) in [6, 6.07) is 7.50. The summed E-state index contributed by atoms with van der Waals surface area (Å²) < 4.78 is 0. The van der Waals surface area contributed by atoms with Gasteiger partial charge in [0, 0.05) is 18.3 Å². The summed E-state index contributed by atoms with van der Waals surface area (Å²) in [5, 5.41) is 0. The lowest BCUT2D eigenvalue weighted by molar-refractivity contribution is 0.0744. The van der Waals surface area contributed by atoms with Gasteiger partial charge in [-0.05, 0) is 12.1 Å². The molecule has 2 aromatic heterocycles. The van der Waals surface area contributed by atoms with Crippen LogP contribution in [0.15, 0.2) is 43.0 Å². The Hall–Kier alpha value is -2.89. The molecule has 0 spiro atoms. The molecule has 1 aliphatic heterocycles. The molecule has 0 unspecified atom stereocenters. The second kappa shape index (κ2) is 4.59. The van der Waals surface area contributed by atoms with E-state index < -0.39 is 0 Å². The minimum atomic E-state index is -0.133. The van der Waals surface area contributed by atoms with Gasteiger partial charge in [0.05, 0.1) is 29.5 Å². The first kappa shape index (κ1) is 11.9. The molecule has 21 heavy (non-hydrogen) atoms. The van der Waals surface area contributed by atoms with Gasteiger partial charge in [0.1, 0.15) is 12.0 Å². The Labute approximate surface area is 120 Å². The molecule has 0 saturated heterocycles. The standard InChI is InChI=1S/C15H11N5O/c21-15(20-7-10-5-16-9-18-14(10)8-20)13-6-17-11-3-1-2-4-12(11)19-13/h1-6,9H,7-8H2. The summed E-state index contributed by atoms with van der Waals surface area (Å²) in [5.74, 6) is -0.133. The minimum absolute atomic E-state index is 0.133. The summed E-state index contributed by atoms with van der Waals surface area (Å²) in [5.41, 5.74) is 3.74. The fourth-order valence-electron chi connectivity index (χ4n) is 2.47. The van der Waals surface area contributed by atoms with Gasteiger partial charge in [-0.25, -0.2) is 15.0 Å². The molecule has 1 amide bonds.